The predicted molar refractivity (Wildman–Crippen MR) is 106 cm³/mol. The van der Waals surface area contributed by atoms with E-state index in [1.807, 2.05) is 30.3 Å². The largest absolute Gasteiger partial charge is 0.497 e. The normalized spacial score (nSPS) is 10.7. The molecule has 0 aliphatic heterocycles. The molecule has 4 rings (SSSR count). The lowest BCUT2D eigenvalue weighted by atomic mass is 10.1. The van der Waals surface area contributed by atoms with Gasteiger partial charge in [0.25, 0.3) is 5.91 Å². The van der Waals surface area contributed by atoms with Gasteiger partial charge in [-0.15, -0.1) is 10.2 Å². The highest BCUT2D eigenvalue weighted by molar-refractivity contribution is 5.99. The maximum atomic E-state index is 12.4. The van der Waals surface area contributed by atoms with Gasteiger partial charge in [-0.05, 0) is 30.3 Å². The van der Waals surface area contributed by atoms with Crippen molar-refractivity contribution in [1.29, 1.82) is 0 Å². The van der Waals surface area contributed by atoms with Gasteiger partial charge in [0.15, 0.2) is 5.76 Å². The molecule has 152 valence electrons. The summed E-state index contributed by atoms with van der Waals surface area (Å²) < 4.78 is 10.8. The van der Waals surface area contributed by atoms with Crippen LogP contribution in [0.2, 0.25) is 0 Å². The fourth-order valence-electron chi connectivity index (χ4n) is 2.91. The lowest BCUT2D eigenvalue weighted by molar-refractivity contribution is -0.122. The van der Waals surface area contributed by atoms with Crippen LogP contribution in [0.15, 0.2) is 52.9 Å². The molecular weight excluding hydrogens is 388 g/mol. The van der Waals surface area contributed by atoms with Crippen LogP contribution in [0.3, 0.4) is 0 Å². The summed E-state index contributed by atoms with van der Waals surface area (Å²) in [5.41, 5.74) is 6.63. The van der Waals surface area contributed by atoms with Crippen molar-refractivity contribution in [3.05, 3.63) is 59.9 Å². The van der Waals surface area contributed by atoms with Crippen LogP contribution in [0.5, 0.6) is 5.75 Å². The molecule has 0 spiro atoms. The van der Waals surface area contributed by atoms with E-state index in [4.69, 9.17) is 9.15 Å². The van der Waals surface area contributed by atoms with Crippen molar-refractivity contribution in [2.75, 3.05) is 7.11 Å². The second kappa shape index (κ2) is 8.03. The highest BCUT2D eigenvalue weighted by Crippen LogP contribution is 2.28. The van der Waals surface area contributed by atoms with E-state index in [9.17, 15) is 9.59 Å². The number of tetrazole rings is 1. The van der Waals surface area contributed by atoms with Gasteiger partial charge in [0.1, 0.15) is 17.9 Å². The van der Waals surface area contributed by atoms with Crippen LogP contribution in [0.25, 0.3) is 22.4 Å². The number of hydrogen-bond donors (Lipinski definition) is 2. The number of carbonyl (C=O) groups is 2. The number of amides is 2. The van der Waals surface area contributed by atoms with Crippen molar-refractivity contribution >= 4 is 22.8 Å². The number of hydrogen-bond acceptors (Lipinski definition) is 7. The van der Waals surface area contributed by atoms with Crippen molar-refractivity contribution in [2.24, 2.45) is 0 Å². The average Bonchev–Trinajstić information content (AvgIpc) is 3.37. The van der Waals surface area contributed by atoms with Crippen molar-refractivity contribution in [1.82, 2.24) is 31.1 Å². The number of ether oxygens (including phenoxy) is 1. The van der Waals surface area contributed by atoms with Gasteiger partial charge in [-0.2, -0.15) is 4.80 Å². The van der Waals surface area contributed by atoms with Crippen LogP contribution in [-0.4, -0.2) is 39.1 Å². The smallest absolute Gasteiger partial charge is 0.305 e. The number of nitrogens with zero attached hydrogens (tertiary/aromatic N) is 4. The molecular formula is C20H18N6O4. The maximum absolute atomic E-state index is 12.4. The summed E-state index contributed by atoms with van der Waals surface area (Å²) in [6, 6.07) is 14.5. The minimum atomic E-state index is -0.576. The van der Waals surface area contributed by atoms with Gasteiger partial charge in [-0.3, -0.25) is 20.4 Å². The molecule has 4 aromatic rings. The molecule has 0 saturated heterocycles. The van der Waals surface area contributed by atoms with Crippen molar-refractivity contribution < 1.29 is 18.7 Å². The van der Waals surface area contributed by atoms with E-state index < -0.39 is 11.8 Å². The number of hydrazine groups is 1. The van der Waals surface area contributed by atoms with E-state index in [2.05, 4.69) is 26.3 Å². The molecule has 2 heterocycles. The average molecular weight is 406 g/mol. The third kappa shape index (κ3) is 3.83. The first-order valence-electron chi connectivity index (χ1n) is 9.04. The Balaban J connectivity index is 1.38. The molecule has 0 aliphatic rings. The topological polar surface area (TPSA) is 124 Å². The SMILES string of the molecule is COc1ccc2oc(C(=O)NNC(=O)Cn3nnc(-c4ccccc4)n3)c(C)c2c1. The molecule has 0 atom stereocenters. The summed E-state index contributed by atoms with van der Waals surface area (Å²) in [5.74, 6) is 0.0646. The van der Waals surface area contributed by atoms with Gasteiger partial charge in [0, 0.05) is 16.5 Å². The van der Waals surface area contributed by atoms with Crippen LogP contribution in [-0.2, 0) is 11.3 Å². The second-order valence-electron chi connectivity index (χ2n) is 6.43. The number of nitrogens with one attached hydrogen (secondary N) is 2. The van der Waals surface area contributed by atoms with Crippen LogP contribution >= 0.6 is 0 Å². The third-order valence-electron chi connectivity index (χ3n) is 4.43. The van der Waals surface area contributed by atoms with Crippen LogP contribution < -0.4 is 15.6 Å². The first-order valence-corrected chi connectivity index (χ1v) is 9.04. The Hall–Kier alpha value is -4.21. The van der Waals surface area contributed by atoms with E-state index >= 15 is 0 Å². The van der Waals surface area contributed by atoms with E-state index in [1.54, 1.807) is 32.2 Å². The Morgan fingerprint density at radius 3 is 2.70 bits per heavy atom. The van der Waals surface area contributed by atoms with E-state index in [-0.39, 0.29) is 12.3 Å². The van der Waals surface area contributed by atoms with Gasteiger partial charge in [0.05, 0.1) is 7.11 Å². The van der Waals surface area contributed by atoms with Gasteiger partial charge < -0.3 is 9.15 Å². The number of carbonyl (C=O) groups excluding carboxylic acids is 2. The van der Waals surface area contributed by atoms with Crippen molar-refractivity contribution in [3.8, 4) is 17.1 Å². The molecule has 2 amide bonds. The van der Waals surface area contributed by atoms with Crippen LogP contribution in [0.1, 0.15) is 16.1 Å². The quantitative estimate of drug-likeness (QED) is 0.485. The van der Waals surface area contributed by atoms with Crippen LogP contribution in [0, 0.1) is 6.92 Å². The predicted octanol–water partition coefficient (Wildman–Crippen LogP) is 1.86. The number of fused-ring (bicyclic) bond motifs is 1. The summed E-state index contributed by atoms with van der Waals surface area (Å²) in [6.45, 7) is 1.54. The lowest BCUT2D eigenvalue weighted by Crippen LogP contribution is -2.43. The highest BCUT2D eigenvalue weighted by Gasteiger charge is 2.19. The number of furan rings is 1. The zero-order valence-corrected chi connectivity index (χ0v) is 16.2. The number of aryl methyl sites for hydroxylation is 1. The van der Waals surface area contributed by atoms with Gasteiger partial charge in [-0.1, -0.05) is 30.3 Å². The monoisotopic (exact) mass is 406 g/mol. The molecule has 0 bridgehead atoms. The van der Waals surface area contributed by atoms with Gasteiger partial charge in [-0.25, -0.2) is 0 Å². The second-order valence-corrected chi connectivity index (χ2v) is 6.43. The molecule has 0 fully saturated rings. The Labute approximate surface area is 170 Å². The molecule has 30 heavy (non-hydrogen) atoms. The summed E-state index contributed by atoms with van der Waals surface area (Å²) >= 11 is 0. The van der Waals surface area contributed by atoms with Crippen LogP contribution in [0.4, 0.5) is 0 Å². The molecule has 2 N–H and O–H groups in total. The maximum Gasteiger partial charge on any atom is 0.305 e. The standard InChI is InChI=1S/C20H18N6O4/c1-12-15-10-14(29-2)8-9-16(15)30-18(12)20(28)23-21-17(27)11-26-24-19(22-25-26)13-6-4-3-5-7-13/h3-10H,11H2,1-2H3,(H,21,27)(H,23,28). The first kappa shape index (κ1) is 19.1. The molecule has 0 unspecified atom stereocenters. The number of benzene rings is 2. The molecule has 0 radical (unpaired) electrons. The minimum absolute atomic E-state index is 0.101. The summed E-state index contributed by atoms with van der Waals surface area (Å²) in [4.78, 5) is 25.7. The minimum Gasteiger partial charge on any atom is -0.497 e. The van der Waals surface area contributed by atoms with E-state index in [0.717, 1.165) is 15.7 Å². The molecule has 0 aliphatic carbocycles. The molecule has 10 nitrogen and oxygen atoms in total. The summed E-state index contributed by atoms with van der Waals surface area (Å²) in [5, 5.41) is 12.7. The third-order valence-corrected chi connectivity index (χ3v) is 4.43. The fraction of sp³-hybridized carbons (Fsp3) is 0.150. The van der Waals surface area contributed by atoms with Gasteiger partial charge >= 0.3 is 5.91 Å². The zero-order valence-electron chi connectivity index (χ0n) is 16.2. The van der Waals surface area contributed by atoms with E-state index in [0.29, 0.717) is 22.7 Å². The van der Waals surface area contributed by atoms with Crippen molar-refractivity contribution in [2.45, 2.75) is 13.5 Å². The Kier molecular flexibility index (Phi) is 5.12. The molecule has 10 heteroatoms. The fourth-order valence-corrected chi connectivity index (χ4v) is 2.91. The van der Waals surface area contributed by atoms with Crippen molar-refractivity contribution in [3.63, 3.8) is 0 Å². The molecule has 0 saturated carbocycles. The molecule has 2 aromatic heterocycles. The number of rotatable bonds is 5. The summed E-state index contributed by atoms with van der Waals surface area (Å²) in [7, 11) is 1.56. The summed E-state index contributed by atoms with van der Waals surface area (Å²) in [6.07, 6.45) is 0. The lowest BCUT2D eigenvalue weighted by Gasteiger charge is -2.05. The number of aromatic nitrogens is 4. The zero-order chi connectivity index (χ0) is 21.1. The van der Waals surface area contributed by atoms with Gasteiger partial charge in [0.2, 0.25) is 5.82 Å². The van der Waals surface area contributed by atoms with E-state index in [1.165, 1.54) is 0 Å². The molecule has 2 aromatic carbocycles. The Bertz CT molecular complexity index is 1210. The number of methoxy groups -OCH3 is 1. The first-order chi connectivity index (χ1) is 14.5. The Morgan fingerprint density at radius 2 is 1.93 bits per heavy atom. The highest BCUT2D eigenvalue weighted by atomic mass is 16.5. The Morgan fingerprint density at radius 1 is 1.13 bits per heavy atom.